The van der Waals surface area contributed by atoms with E-state index in [0.29, 0.717) is 16.7 Å². The lowest BCUT2D eigenvalue weighted by molar-refractivity contribution is -0.132. The Morgan fingerprint density at radius 2 is 1.46 bits per heavy atom. The lowest BCUT2D eigenvalue weighted by Gasteiger charge is -2.61. The Bertz CT molecular complexity index is 656. The summed E-state index contributed by atoms with van der Waals surface area (Å²) in [5.41, 5.74) is 0.860. The summed E-state index contributed by atoms with van der Waals surface area (Å²) in [4.78, 5) is 0. The van der Waals surface area contributed by atoms with Gasteiger partial charge >= 0.3 is 10.4 Å². The molecule has 4 rings (SSSR count). The minimum absolute atomic E-state index is 0.0374. The van der Waals surface area contributed by atoms with Gasteiger partial charge in [-0.25, -0.2) is 0 Å². The van der Waals surface area contributed by atoms with Crippen molar-refractivity contribution in [2.75, 3.05) is 0 Å². The fourth-order valence-electron chi connectivity index (χ4n) is 8.07. The van der Waals surface area contributed by atoms with Gasteiger partial charge in [-0.3, -0.25) is 9.11 Å². The van der Waals surface area contributed by atoms with Gasteiger partial charge in [-0.05, 0) is 105 Å². The summed E-state index contributed by atoms with van der Waals surface area (Å²) in [5, 5.41) is 20.4. The van der Waals surface area contributed by atoms with Crippen molar-refractivity contribution in [2.45, 2.75) is 90.8 Å². The van der Waals surface area contributed by atoms with Crippen molar-refractivity contribution in [3.63, 3.8) is 0 Å². The Labute approximate surface area is 169 Å². The van der Waals surface area contributed by atoms with Crippen LogP contribution < -0.4 is 0 Å². The maximum atomic E-state index is 10.3. The van der Waals surface area contributed by atoms with Gasteiger partial charge in [0.25, 0.3) is 0 Å². The van der Waals surface area contributed by atoms with E-state index in [4.69, 9.17) is 17.5 Å². The molecule has 1 unspecified atom stereocenters. The van der Waals surface area contributed by atoms with Gasteiger partial charge in [-0.15, -0.1) is 0 Å². The largest absolute Gasteiger partial charge is 0.394 e. The second-order valence-corrected chi connectivity index (χ2v) is 11.4. The number of hydrogen-bond donors (Lipinski definition) is 4. The van der Waals surface area contributed by atoms with Gasteiger partial charge in [0.05, 0.1) is 12.2 Å². The first-order chi connectivity index (χ1) is 12.9. The quantitative estimate of drug-likeness (QED) is 0.482. The Morgan fingerprint density at radius 1 is 0.893 bits per heavy atom. The summed E-state index contributed by atoms with van der Waals surface area (Å²) in [6.07, 6.45) is 11.1. The fourth-order valence-corrected chi connectivity index (χ4v) is 8.07. The molecule has 4 aliphatic carbocycles. The van der Waals surface area contributed by atoms with E-state index in [2.05, 4.69) is 13.8 Å². The van der Waals surface area contributed by atoms with Crippen molar-refractivity contribution in [2.24, 2.45) is 40.4 Å². The van der Waals surface area contributed by atoms with E-state index in [1.165, 1.54) is 44.9 Å². The first kappa shape index (κ1) is 22.5. The minimum Gasteiger partial charge on any atom is -0.393 e. The highest BCUT2D eigenvalue weighted by Crippen LogP contribution is 2.67. The summed E-state index contributed by atoms with van der Waals surface area (Å²) < 4.78 is 31.6. The van der Waals surface area contributed by atoms with Crippen LogP contribution in [-0.4, -0.2) is 39.9 Å². The van der Waals surface area contributed by atoms with E-state index < -0.39 is 10.4 Å². The predicted octanol–water partition coefficient (Wildman–Crippen LogP) is 3.73. The van der Waals surface area contributed by atoms with Gasteiger partial charge in [0.1, 0.15) is 0 Å². The molecule has 0 bridgehead atoms. The topological polar surface area (TPSA) is 115 Å². The van der Waals surface area contributed by atoms with Crippen LogP contribution in [0, 0.1) is 40.4 Å². The van der Waals surface area contributed by atoms with Crippen molar-refractivity contribution in [1.82, 2.24) is 0 Å². The molecule has 7 heteroatoms. The van der Waals surface area contributed by atoms with Gasteiger partial charge in [-0.2, -0.15) is 8.42 Å². The predicted molar refractivity (Wildman–Crippen MR) is 107 cm³/mol. The van der Waals surface area contributed by atoms with Crippen LogP contribution in [-0.2, 0) is 10.4 Å². The molecular weight excluding hydrogens is 380 g/mol. The number of aliphatic hydroxyl groups is 2. The molecule has 0 spiro atoms. The lowest BCUT2D eigenvalue weighted by atomic mass is 9.44. The van der Waals surface area contributed by atoms with Crippen molar-refractivity contribution >= 4 is 10.4 Å². The fraction of sp³-hybridized carbons (Fsp3) is 1.00. The summed E-state index contributed by atoms with van der Waals surface area (Å²) in [5.74, 6) is 3.87. The van der Waals surface area contributed by atoms with Crippen LogP contribution in [0.3, 0.4) is 0 Å². The Balaban J connectivity index is 0.000000403. The average Bonchev–Trinajstić information content (AvgIpc) is 2.91. The van der Waals surface area contributed by atoms with Crippen LogP contribution in [0.4, 0.5) is 0 Å². The maximum absolute atomic E-state index is 10.3. The van der Waals surface area contributed by atoms with Crippen molar-refractivity contribution < 1.29 is 27.7 Å². The van der Waals surface area contributed by atoms with Crippen LogP contribution in [0.25, 0.3) is 0 Å². The zero-order valence-electron chi connectivity index (χ0n) is 17.4. The first-order valence-electron chi connectivity index (χ1n) is 10.9. The third kappa shape index (κ3) is 4.15. The van der Waals surface area contributed by atoms with E-state index in [9.17, 15) is 10.2 Å². The molecule has 4 fully saturated rings. The van der Waals surface area contributed by atoms with Crippen LogP contribution in [0.15, 0.2) is 0 Å². The third-order valence-electron chi connectivity index (χ3n) is 9.29. The molecule has 9 atom stereocenters. The molecule has 0 aromatic carbocycles. The molecule has 0 radical (unpaired) electrons. The van der Waals surface area contributed by atoms with Crippen molar-refractivity contribution in [3.8, 4) is 0 Å². The molecule has 4 saturated carbocycles. The zero-order valence-corrected chi connectivity index (χ0v) is 18.2. The van der Waals surface area contributed by atoms with Gasteiger partial charge in [0.15, 0.2) is 0 Å². The van der Waals surface area contributed by atoms with Crippen LogP contribution in [0.5, 0.6) is 0 Å². The minimum atomic E-state index is -4.67. The smallest absolute Gasteiger partial charge is 0.393 e. The van der Waals surface area contributed by atoms with Crippen LogP contribution in [0.1, 0.15) is 78.6 Å². The molecule has 28 heavy (non-hydrogen) atoms. The maximum Gasteiger partial charge on any atom is 0.394 e. The molecule has 0 aliphatic heterocycles. The third-order valence-corrected chi connectivity index (χ3v) is 9.29. The Morgan fingerprint density at radius 3 is 2.07 bits per heavy atom. The summed E-state index contributed by atoms with van der Waals surface area (Å²) in [6.45, 7) is 7.08. The van der Waals surface area contributed by atoms with Gasteiger partial charge in [0.2, 0.25) is 0 Å². The highest BCUT2D eigenvalue weighted by Gasteiger charge is 2.60. The van der Waals surface area contributed by atoms with Crippen molar-refractivity contribution in [3.05, 3.63) is 0 Å². The number of hydrogen-bond acceptors (Lipinski definition) is 4. The molecule has 6 nitrogen and oxygen atoms in total. The molecular formula is C21H38O6S. The van der Waals surface area contributed by atoms with E-state index in [0.717, 1.165) is 36.5 Å². The standard InChI is InChI=1S/C21H36O2.H2O4S/c1-13(22)17-6-7-18-16-5-4-14-12-15(23)8-10-20(14,2)19(16)9-11-21(17,18)3;1-5(2,3)4/h13-19,22-23H,4-12H2,1-3H3;(H2,1,2,3,4)/t13-,14+,15-,16-,17?,18-,19-,20-,21+;/m0./s1. The zero-order chi connectivity index (χ0) is 20.9. The number of aliphatic hydroxyl groups excluding tert-OH is 2. The number of rotatable bonds is 1. The lowest BCUT2D eigenvalue weighted by Crippen LogP contribution is -2.54. The molecule has 0 aromatic heterocycles. The van der Waals surface area contributed by atoms with E-state index in [1.807, 2.05) is 6.92 Å². The number of fused-ring (bicyclic) bond motifs is 5. The van der Waals surface area contributed by atoms with E-state index in [1.54, 1.807) is 0 Å². The summed E-state index contributed by atoms with van der Waals surface area (Å²) in [6, 6.07) is 0. The van der Waals surface area contributed by atoms with E-state index >= 15 is 0 Å². The second-order valence-electron chi connectivity index (χ2n) is 10.5. The molecule has 164 valence electrons. The molecule has 0 heterocycles. The Hall–Kier alpha value is -0.210. The molecule has 0 aromatic rings. The molecule has 4 aliphatic rings. The monoisotopic (exact) mass is 418 g/mol. The van der Waals surface area contributed by atoms with Crippen LogP contribution >= 0.6 is 0 Å². The van der Waals surface area contributed by atoms with Gasteiger partial charge in [0, 0.05) is 0 Å². The molecule has 0 amide bonds. The molecule has 0 saturated heterocycles. The van der Waals surface area contributed by atoms with Crippen LogP contribution in [0.2, 0.25) is 0 Å². The second kappa shape index (κ2) is 7.80. The summed E-state index contributed by atoms with van der Waals surface area (Å²) in [7, 11) is -4.67. The normalized spacial score (nSPS) is 49.1. The van der Waals surface area contributed by atoms with Gasteiger partial charge < -0.3 is 10.2 Å². The van der Waals surface area contributed by atoms with Crippen molar-refractivity contribution in [1.29, 1.82) is 0 Å². The van der Waals surface area contributed by atoms with E-state index in [-0.39, 0.29) is 12.2 Å². The van der Waals surface area contributed by atoms with Gasteiger partial charge in [-0.1, -0.05) is 13.8 Å². The first-order valence-corrected chi connectivity index (χ1v) is 12.3. The SMILES string of the molecule is C[C@H](O)C1CC[C@H]2[C@@H]3CC[C@@H]4C[C@@H](O)CC[C@]4(C)[C@H]3CC[C@]12C.O=S(=O)(O)O. The highest BCUT2D eigenvalue weighted by molar-refractivity contribution is 7.79. The molecule has 4 N–H and O–H groups in total. The Kier molecular flexibility index (Phi) is 6.26. The summed E-state index contributed by atoms with van der Waals surface area (Å²) >= 11 is 0. The highest BCUT2D eigenvalue weighted by atomic mass is 32.3. The average molecular weight is 419 g/mol.